The number of rotatable bonds is 15. The molecule has 2 unspecified atom stereocenters. The summed E-state index contributed by atoms with van der Waals surface area (Å²) in [7, 11) is 1.74. The lowest BCUT2D eigenvalue weighted by Crippen LogP contribution is -2.61. The average molecular weight is 574 g/mol. The van der Waals surface area contributed by atoms with E-state index in [1.165, 1.54) is 0 Å². The van der Waals surface area contributed by atoms with Gasteiger partial charge in [-0.3, -0.25) is 14.4 Å². The first-order chi connectivity index (χ1) is 19.2. The molecule has 232 valence electrons. The molecule has 0 aromatic heterocycles. The van der Waals surface area contributed by atoms with Gasteiger partial charge < -0.3 is 24.5 Å². The molecule has 3 heterocycles. The second kappa shape index (κ2) is 12.6. The molecule has 8 nitrogen and oxygen atoms in total. The summed E-state index contributed by atoms with van der Waals surface area (Å²) in [6.45, 7) is 21.7. The van der Waals surface area contributed by atoms with E-state index in [9.17, 15) is 19.5 Å². The number of unbranched alkanes of at least 4 members (excludes halogenated alkanes) is 3. The van der Waals surface area contributed by atoms with Crippen molar-refractivity contribution in [3.8, 4) is 0 Å². The van der Waals surface area contributed by atoms with E-state index in [4.69, 9.17) is 4.74 Å². The summed E-state index contributed by atoms with van der Waals surface area (Å²) in [6.07, 6.45) is 9.17. The van der Waals surface area contributed by atoms with Crippen molar-refractivity contribution in [1.82, 2.24) is 14.7 Å². The van der Waals surface area contributed by atoms with Gasteiger partial charge in [-0.2, -0.15) is 0 Å². The van der Waals surface area contributed by atoms with Gasteiger partial charge in [0.25, 0.3) is 0 Å². The van der Waals surface area contributed by atoms with Gasteiger partial charge in [-0.25, -0.2) is 0 Å². The summed E-state index contributed by atoms with van der Waals surface area (Å²) in [5, 5.41) is 9.21. The summed E-state index contributed by atoms with van der Waals surface area (Å²) < 4.78 is 6.96. The third-order valence-corrected chi connectivity index (χ3v) is 9.54. The number of amides is 3. The summed E-state index contributed by atoms with van der Waals surface area (Å²) in [4.78, 5) is 48.5. The molecule has 2 bridgehead atoms. The number of ether oxygens (including phenoxy) is 1. The van der Waals surface area contributed by atoms with Crippen molar-refractivity contribution in [1.29, 1.82) is 0 Å². The number of aliphatic hydroxyl groups excluding tert-OH is 1. The maximum Gasteiger partial charge on any atom is 0.249 e. The molecule has 0 aliphatic carbocycles. The predicted molar refractivity (Wildman–Crippen MR) is 162 cm³/mol. The van der Waals surface area contributed by atoms with E-state index < -0.39 is 34.6 Å². The van der Waals surface area contributed by atoms with Crippen LogP contribution in [0, 0.1) is 17.3 Å². The molecule has 41 heavy (non-hydrogen) atoms. The zero-order chi connectivity index (χ0) is 30.8. The average Bonchev–Trinajstić information content (AvgIpc) is 3.48. The van der Waals surface area contributed by atoms with Crippen LogP contribution in [0.5, 0.6) is 0 Å². The van der Waals surface area contributed by atoms with Crippen molar-refractivity contribution in [2.24, 2.45) is 17.3 Å². The normalized spacial score (nSPS) is 29.0. The predicted octanol–water partition coefficient (Wildman–Crippen LogP) is 4.57. The zero-order valence-electron chi connectivity index (χ0n) is 26.7. The molecule has 3 aliphatic heterocycles. The molecule has 0 aromatic rings. The number of likely N-dealkylation sites (N-methyl/N-ethyl adjacent to an activating group) is 1. The van der Waals surface area contributed by atoms with E-state index in [0.717, 1.165) is 25.7 Å². The molecule has 1 spiro atoms. The third kappa shape index (κ3) is 6.15. The van der Waals surface area contributed by atoms with Crippen LogP contribution in [-0.4, -0.2) is 93.6 Å². The standard InChI is InChI=1S/C33H55N3O5/c1-10-19-34(9)27(38)24-25-28(39)35(21-15-13-14-16-22-37)26(33(25)18-17-32(24,12-3)41-33)29(40)36(20-11-2)31(7,8)23-30(4,5)6/h10-11,24-26,37H,1-2,12-23H2,3-9H3/t24-,25-,26?,32+,33?/m0/s1. The van der Waals surface area contributed by atoms with Gasteiger partial charge in [-0.05, 0) is 57.8 Å². The number of hydrogen-bond acceptors (Lipinski definition) is 5. The molecule has 0 saturated carbocycles. The van der Waals surface area contributed by atoms with Gasteiger partial charge in [0.05, 0.1) is 17.4 Å². The van der Waals surface area contributed by atoms with E-state index in [1.54, 1.807) is 29.0 Å². The maximum atomic E-state index is 14.9. The molecule has 3 saturated heterocycles. The fraction of sp³-hybridized carbons (Fsp3) is 0.788. The summed E-state index contributed by atoms with van der Waals surface area (Å²) in [5.74, 6) is -1.70. The second-order valence-corrected chi connectivity index (χ2v) is 14.3. The Labute approximate surface area is 248 Å². The minimum Gasteiger partial charge on any atom is -0.396 e. The van der Waals surface area contributed by atoms with Crippen LogP contribution in [0.1, 0.15) is 92.9 Å². The van der Waals surface area contributed by atoms with Gasteiger partial charge in [0, 0.05) is 38.8 Å². The van der Waals surface area contributed by atoms with Gasteiger partial charge in [0.15, 0.2) is 0 Å². The van der Waals surface area contributed by atoms with Crippen molar-refractivity contribution in [2.45, 2.75) is 116 Å². The van der Waals surface area contributed by atoms with Crippen LogP contribution in [0.15, 0.2) is 25.3 Å². The molecule has 1 N–H and O–H groups in total. The second-order valence-electron chi connectivity index (χ2n) is 14.3. The Kier molecular flexibility index (Phi) is 10.2. The number of likely N-dealkylation sites (tertiary alicyclic amines) is 1. The number of aliphatic hydroxyl groups is 1. The summed E-state index contributed by atoms with van der Waals surface area (Å²) in [6, 6.07) is -0.798. The molecule has 8 heteroatoms. The van der Waals surface area contributed by atoms with Crippen molar-refractivity contribution in [3.05, 3.63) is 25.3 Å². The summed E-state index contributed by atoms with van der Waals surface area (Å²) in [5.41, 5.74) is -2.32. The lowest BCUT2D eigenvalue weighted by Gasteiger charge is -2.45. The van der Waals surface area contributed by atoms with Crippen LogP contribution in [-0.2, 0) is 19.1 Å². The van der Waals surface area contributed by atoms with Gasteiger partial charge in [0.2, 0.25) is 17.7 Å². The summed E-state index contributed by atoms with van der Waals surface area (Å²) >= 11 is 0. The van der Waals surface area contributed by atoms with Gasteiger partial charge in [-0.15, -0.1) is 13.2 Å². The number of carbonyl (C=O) groups excluding carboxylic acids is 3. The van der Waals surface area contributed by atoms with Gasteiger partial charge in [-0.1, -0.05) is 52.7 Å². The highest BCUT2D eigenvalue weighted by atomic mass is 16.5. The highest BCUT2D eigenvalue weighted by molar-refractivity contribution is 5.99. The van der Waals surface area contributed by atoms with Crippen molar-refractivity contribution >= 4 is 17.7 Å². The topological polar surface area (TPSA) is 90.4 Å². The van der Waals surface area contributed by atoms with E-state index in [1.807, 2.05) is 11.8 Å². The molecule has 3 aliphatic rings. The Balaban J connectivity index is 2.10. The first-order valence-electron chi connectivity index (χ1n) is 15.6. The molecule has 0 radical (unpaired) electrons. The lowest BCUT2D eigenvalue weighted by molar-refractivity contribution is -0.158. The zero-order valence-corrected chi connectivity index (χ0v) is 26.7. The molecule has 3 amide bonds. The Morgan fingerprint density at radius 1 is 1.05 bits per heavy atom. The van der Waals surface area contributed by atoms with E-state index in [0.29, 0.717) is 45.3 Å². The van der Waals surface area contributed by atoms with Gasteiger partial charge >= 0.3 is 0 Å². The number of fused-ring (bicyclic) bond motifs is 1. The SMILES string of the molecule is C=CCN(C)C(=O)[C@@H]1[C@H]2C(=O)N(CCCCCCO)C(C(=O)N(CC=C)C(C)(C)CC(C)(C)C)C23CC[C@@]1(CC)O3. The lowest BCUT2D eigenvalue weighted by atomic mass is 9.64. The van der Waals surface area contributed by atoms with Crippen LogP contribution in [0.2, 0.25) is 0 Å². The van der Waals surface area contributed by atoms with E-state index in [-0.39, 0.29) is 29.7 Å². The molecule has 5 atom stereocenters. The van der Waals surface area contributed by atoms with Crippen molar-refractivity contribution in [2.75, 3.05) is 33.3 Å². The van der Waals surface area contributed by atoms with Crippen LogP contribution in [0.4, 0.5) is 0 Å². The van der Waals surface area contributed by atoms with E-state index in [2.05, 4.69) is 47.8 Å². The smallest absolute Gasteiger partial charge is 0.249 e. The Morgan fingerprint density at radius 3 is 2.24 bits per heavy atom. The molecule has 3 rings (SSSR count). The fourth-order valence-corrected chi connectivity index (χ4v) is 8.19. The maximum absolute atomic E-state index is 14.9. The molecule has 0 aromatic carbocycles. The Bertz CT molecular complexity index is 1000. The van der Waals surface area contributed by atoms with Crippen LogP contribution >= 0.6 is 0 Å². The van der Waals surface area contributed by atoms with Crippen molar-refractivity contribution < 1.29 is 24.2 Å². The van der Waals surface area contributed by atoms with Crippen LogP contribution < -0.4 is 0 Å². The Hall–Kier alpha value is -2.19. The van der Waals surface area contributed by atoms with Crippen LogP contribution in [0.25, 0.3) is 0 Å². The quantitative estimate of drug-likeness (QED) is 0.229. The number of nitrogens with zero attached hydrogens (tertiary/aromatic N) is 3. The van der Waals surface area contributed by atoms with E-state index >= 15 is 0 Å². The first kappa shape index (κ1) is 33.3. The minimum atomic E-state index is -1.04. The highest BCUT2D eigenvalue weighted by Gasteiger charge is 2.79. The molecular weight excluding hydrogens is 518 g/mol. The minimum absolute atomic E-state index is 0.0241. The third-order valence-electron chi connectivity index (χ3n) is 9.54. The highest BCUT2D eigenvalue weighted by Crippen LogP contribution is 2.64. The number of carbonyl (C=O) groups is 3. The number of hydrogen-bond donors (Lipinski definition) is 1. The molecule has 3 fully saturated rings. The van der Waals surface area contributed by atoms with Crippen molar-refractivity contribution in [3.63, 3.8) is 0 Å². The largest absolute Gasteiger partial charge is 0.396 e. The fourth-order valence-electron chi connectivity index (χ4n) is 8.19. The molecular formula is C33H55N3O5. The Morgan fingerprint density at radius 2 is 1.68 bits per heavy atom. The first-order valence-corrected chi connectivity index (χ1v) is 15.6. The monoisotopic (exact) mass is 573 g/mol. The van der Waals surface area contributed by atoms with Gasteiger partial charge in [0.1, 0.15) is 11.6 Å². The van der Waals surface area contributed by atoms with Crippen LogP contribution in [0.3, 0.4) is 0 Å².